The van der Waals surface area contributed by atoms with Crippen molar-refractivity contribution >= 4 is 18.5 Å². The molecule has 0 bridgehead atoms. The normalized spacial score (nSPS) is 12.1. The van der Waals surface area contributed by atoms with Crippen LogP contribution < -0.4 is 5.32 Å². The second kappa shape index (κ2) is 7.09. The molecule has 0 spiro atoms. The Kier molecular flexibility index (Phi) is 5.17. The van der Waals surface area contributed by atoms with Gasteiger partial charge in [-0.1, -0.05) is 35.5 Å². The third-order valence-corrected chi connectivity index (χ3v) is 3.21. The molecule has 0 saturated carbocycles. The number of nitrogens with zero attached hydrogens (tertiary/aromatic N) is 2. The number of carbonyl (C=O) groups excluding carboxylic acids is 1. The molecule has 0 fully saturated rings. The number of carbonyl (C=O) groups is 1. The topological polar surface area (TPSA) is 68.0 Å². The summed E-state index contributed by atoms with van der Waals surface area (Å²) in [6.07, 6.45) is 1.16. The molecule has 1 aromatic carbocycles. The minimum Gasteiger partial charge on any atom is -0.355 e. The predicted molar refractivity (Wildman–Crippen MR) is 78.7 cm³/mol. The molecular formula is C14H17N3O2S. The molecule has 1 heterocycles. The van der Waals surface area contributed by atoms with Crippen molar-refractivity contribution in [2.24, 2.45) is 0 Å². The first kappa shape index (κ1) is 14.6. The second-order valence-electron chi connectivity index (χ2n) is 4.48. The van der Waals surface area contributed by atoms with Gasteiger partial charge in [-0.25, -0.2) is 0 Å². The first-order valence-corrected chi connectivity index (χ1v) is 6.95. The fraction of sp³-hybridized carbons (Fsp3) is 0.357. The van der Waals surface area contributed by atoms with Crippen LogP contribution in [0, 0.1) is 6.92 Å². The van der Waals surface area contributed by atoms with Gasteiger partial charge in [0.05, 0.1) is 5.25 Å². The number of hydrogen-bond acceptors (Lipinski definition) is 5. The largest absolute Gasteiger partial charge is 0.355 e. The van der Waals surface area contributed by atoms with Crippen molar-refractivity contribution in [2.75, 3.05) is 6.54 Å². The van der Waals surface area contributed by atoms with Crippen molar-refractivity contribution in [3.05, 3.63) is 47.6 Å². The first-order chi connectivity index (χ1) is 9.65. The molecule has 1 aromatic heterocycles. The Morgan fingerprint density at radius 3 is 2.80 bits per heavy atom. The van der Waals surface area contributed by atoms with E-state index in [-0.39, 0.29) is 11.2 Å². The zero-order chi connectivity index (χ0) is 14.4. The van der Waals surface area contributed by atoms with E-state index in [0.717, 1.165) is 5.56 Å². The Bertz CT molecular complexity index is 557. The molecule has 1 unspecified atom stereocenters. The molecule has 106 valence electrons. The Morgan fingerprint density at radius 2 is 2.15 bits per heavy atom. The van der Waals surface area contributed by atoms with Gasteiger partial charge in [-0.05, 0) is 12.0 Å². The highest BCUT2D eigenvalue weighted by Gasteiger charge is 2.14. The van der Waals surface area contributed by atoms with Crippen LogP contribution in [0.2, 0.25) is 0 Å². The van der Waals surface area contributed by atoms with Gasteiger partial charge in [0, 0.05) is 19.9 Å². The van der Waals surface area contributed by atoms with E-state index in [1.807, 2.05) is 30.3 Å². The number of aryl methyl sites for hydroxylation is 1. The molecule has 5 nitrogen and oxygen atoms in total. The van der Waals surface area contributed by atoms with Gasteiger partial charge < -0.3 is 9.84 Å². The Balaban J connectivity index is 1.74. The Hall–Kier alpha value is -1.82. The summed E-state index contributed by atoms with van der Waals surface area (Å²) in [5.74, 6) is 1.04. The van der Waals surface area contributed by atoms with Crippen LogP contribution in [0.4, 0.5) is 0 Å². The third kappa shape index (κ3) is 4.38. The quantitative estimate of drug-likeness (QED) is 0.793. The van der Waals surface area contributed by atoms with Crippen LogP contribution >= 0.6 is 12.6 Å². The van der Waals surface area contributed by atoms with E-state index in [1.165, 1.54) is 0 Å². The smallest absolute Gasteiger partial charge is 0.233 e. The number of aromatic nitrogens is 2. The van der Waals surface area contributed by atoms with Crippen LogP contribution in [0.15, 0.2) is 34.9 Å². The van der Waals surface area contributed by atoms with Gasteiger partial charge >= 0.3 is 0 Å². The van der Waals surface area contributed by atoms with Gasteiger partial charge in [0.1, 0.15) is 0 Å². The van der Waals surface area contributed by atoms with E-state index in [4.69, 9.17) is 4.52 Å². The first-order valence-electron chi connectivity index (χ1n) is 6.44. The molecule has 6 heteroatoms. The van der Waals surface area contributed by atoms with Crippen LogP contribution in [0.5, 0.6) is 0 Å². The molecule has 0 radical (unpaired) electrons. The molecule has 0 saturated heterocycles. The van der Waals surface area contributed by atoms with Crippen LogP contribution in [-0.4, -0.2) is 27.8 Å². The van der Waals surface area contributed by atoms with Crippen molar-refractivity contribution in [2.45, 2.75) is 25.0 Å². The Labute approximate surface area is 123 Å². The number of nitrogens with one attached hydrogen (secondary N) is 1. The number of benzene rings is 1. The minimum atomic E-state index is -0.357. The number of amides is 1. The number of rotatable bonds is 6. The maximum absolute atomic E-state index is 11.9. The number of hydrogen-bond donors (Lipinski definition) is 2. The lowest BCUT2D eigenvalue weighted by atomic mass is 10.1. The van der Waals surface area contributed by atoms with Crippen molar-refractivity contribution in [1.82, 2.24) is 15.5 Å². The van der Waals surface area contributed by atoms with E-state index in [9.17, 15) is 4.79 Å². The monoisotopic (exact) mass is 291 g/mol. The summed E-state index contributed by atoms with van der Waals surface area (Å²) < 4.78 is 4.86. The lowest BCUT2D eigenvalue weighted by Gasteiger charge is -2.10. The van der Waals surface area contributed by atoms with E-state index in [0.29, 0.717) is 31.1 Å². The van der Waals surface area contributed by atoms with Gasteiger partial charge in [-0.3, -0.25) is 4.79 Å². The van der Waals surface area contributed by atoms with Crippen molar-refractivity contribution in [1.29, 1.82) is 0 Å². The van der Waals surface area contributed by atoms with Crippen LogP contribution in [0.1, 0.15) is 17.3 Å². The van der Waals surface area contributed by atoms with Crippen molar-refractivity contribution < 1.29 is 9.32 Å². The van der Waals surface area contributed by atoms with Crippen LogP contribution in [0.25, 0.3) is 0 Å². The summed E-state index contributed by atoms with van der Waals surface area (Å²) >= 11 is 4.34. The molecule has 0 aliphatic heterocycles. The molecule has 1 amide bonds. The number of thiol groups is 1. The summed E-state index contributed by atoms with van der Waals surface area (Å²) in [7, 11) is 0. The van der Waals surface area contributed by atoms with Gasteiger partial charge in [0.2, 0.25) is 11.8 Å². The highest BCUT2D eigenvalue weighted by atomic mass is 32.1. The zero-order valence-corrected chi connectivity index (χ0v) is 12.1. The lowest BCUT2D eigenvalue weighted by Crippen LogP contribution is -2.34. The van der Waals surface area contributed by atoms with E-state index >= 15 is 0 Å². The third-order valence-electron chi connectivity index (χ3n) is 2.79. The van der Waals surface area contributed by atoms with Crippen molar-refractivity contribution in [3.63, 3.8) is 0 Å². The summed E-state index contributed by atoms with van der Waals surface area (Å²) in [6, 6.07) is 9.82. The summed E-state index contributed by atoms with van der Waals surface area (Å²) in [5, 5.41) is 6.24. The highest BCUT2D eigenvalue weighted by molar-refractivity contribution is 7.81. The van der Waals surface area contributed by atoms with Gasteiger partial charge in [-0.15, -0.1) is 0 Å². The van der Waals surface area contributed by atoms with Crippen molar-refractivity contribution in [3.8, 4) is 0 Å². The van der Waals surface area contributed by atoms with E-state index < -0.39 is 0 Å². The maximum Gasteiger partial charge on any atom is 0.233 e. The molecule has 2 aromatic rings. The molecule has 0 aliphatic carbocycles. The summed E-state index contributed by atoms with van der Waals surface area (Å²) in [6.45, 7) is 2.21. The van der Waals surface area contributed by atoms with Crippen LogP contribution in [-0.2, 0) is 17.6 Å². The molecule has 20 heavy (non-hydrogen) atoms. The zero-order valence-electron chi connectivity index (χ0n) is 11.2. The standard InChI is InChI=1S/C14H17N3O2S/c1-10-16-13(17-19-10)7-8-15-14(18)12(20)9-11-5-3-2-4-6-11/h2-6,12,20H,7-9H2,1H3,(H,15,18). The molecule has 2 rings (SSSR count). The molecule has 0 aliphatic rings. The molecule has 1 atom stereocenters. The van der Waals surface area contributed by atoms with Gasteiger partial charge in [0.15, 0.2) is 5.82 Å². The average Bonchev–Trinajstić information content (AvgIpc) is 2.85. The lowest BCUT2D eigenvalue weighted by molar-refractivity contribution is -0.120. The Morgan fingerprint density at radius 1 is 1.40 bits per heavy atom. The second-order valence-corrected chi connectivity index (χ2v) is 5.10. The van der Waals surface area contributed by atoms with Gasteiger partial charge in [0.25, 0.3) is 0 Å². The minimum absolute atomic E-state index is 0.0857. The van der Waals surface area contributed by atoms with E-state index in [2.05, 4.69) is 28.1 Å². The maximum atomic E-state index is 11.9. The fourth-order valence-corrected chi connectivity index (χ4v) is 2.09. The SMILES string of the molecule is Cc1nc(CCNC(=O)C(S)Cc2ccccc2)no1. The van der Waals surface area contributed by atoms with E-state index in [1.54, 1.807) is 6.92 Å². The molecule has 1 N–H and O–H groups in total. The summed E-state index contributed by atoms with van der Waals surface area (Å²) in [4.78, 5) is 16.0. The fourth-order valence-electron chi connectivity index (χ4n) is 1.79. The predicted octanol–water partition coefficient (Wildman–Crippen LogP) is 1.58. The average molecular weight is 291 g/mol. The summed E-state index contributed by atoms with van der Waals surface area (Å²) in [5.41, 5.74) is 1.09. The van der Waals surface area contributed by atoms with Gasteiger partial charge in [-0.2, -0.15) is 17.6 Å². The highest BCUT2D eigenvalue weighted by Crippen LogP contribution is 2.07. The van der Waals surface area contributed by atoms with Crippen LogP contribution in [0.3, 0.4) is 0 Å². The molecular weight excluding hydrogens is 274 g/mol.